The summed E-state index contributed by atoms with van der Waals surface area (Å²) < 4.78 is 1.89. The molecule has 0 amide bonds. The van der Waals surface area contributed by atoms with Crippen LogP contribution in [0.4, 0.5) is 0 Å². The average molecular weight is 359 g/mol. The third kappa shape index (κ3) is 3.01. The number of aromatic nitrogens is 3. The topological polar surface area (TPSA) is 70.7 Å². The number of aromatic hydroxyl groups is 2. The molecule has 0 saturated heterocycles. The van der Waals surface area contributed by atoms with E-state index in [4.69, 9.17) is 10.1 Å². The van der Waals surface area contributed by atoms with E-state index >= 15 is 0 Å². The van der Waals surface area contributed by atoms with Gasteiger partial charge in [0.05, 0.1) is 5.56 Å². The Labute approximate surface area is 157 Å². The van der Waals surface area contributed by atoms with Crippen LogP contribution in [-0.4, -0.2) is 24.8 Å². The fourth-order valence-corrected chi connectivity index (χ4v) is 3.32. The lowest BCUT2D eigenvalue weighted by atomic mass is 10.0. The predicted octanol–water partition coefficient (Wildman–Crippen LogP) is 4.60. The summed E-state index contributed by atoms with van der Waals surface area (Å²) >= 11 is 0. The van der Waals surface area contributed by atoms with E-state index in [1.165, 1.54) is 0 Å². The van der Waals surface area contributed by atoms with Crippen LogP contribution in [0.25, 0.3) is 28.0 Å². The number of nitrogens with zero attached hydrogens (tertiary/aromatic N) is 3. The first-order valence-electron chi connectivity index (χ1n) is 9.11. The monoisotopic (exact) mass is 359 g/mol. The zero-order valence-corrected chi connectivity index (χ0v) is 15.3. The van der Waals surface area contributed by atoms with Gasteiger partial charge in [0.15, 0.2) is 5.65 Å². The van der Waals surface area contributed by atoms with E-state index in [1.807, 2.05) is 28.8 Å². The molecule has 0 aliphatic carbocycles. The van der Waals surface area contributed by atoms with Crippen molar-refractivity contribution < 1.29 is 10.2 Å². The second kappa shape index (κ2) is 6.76. The molecule has 0 aliphatic heterocycles. The highest BCUT2D eigenvalue weighted by Gasteiger charge is 2.20. The minimum absolute atomic E-state index is 0.200. The van der Waals surface area contributed by atoms with Crippen LogP contribution in [0.2, 0.25) is 0 Å². The lowest BCUT2D eigenvalue weighted by Gasteiger charge is -2.07. The molecule has 0 radical (unpaired) electrons. The predicted molar refractivity (Wildman–Crippen MR) is 106 cm³/mol. The maximum Gasteiger partial charge on any atom is 0.164 e. The zero-order valence-electron chi connectivity index (χ0n) is 15.3. The fraction of sp³-hybridized carbons (Fsp3) is 0.182. The van der Waals surface area contributed by atoms with Crippen molar-refractivity contribution in [1.82, 2.24) is 14.6 Å². The van der Waals surface area contributed by atoms with Crippen molar-refractivity contribution >= 4 is 5.65 Å². The van der Waals surface area contributed by atoms with Gasteiger partial charge in [0.25, 0.3) is 0 Å². The maximum absolute atomic E-state index is 10.0. The van der Waals surface area contributed by atoms with Crippen molar-refractivity contribution in [2.24, 2.45) is 0 Å². The van der Waals surface area contributed by atoms with Gasteiger partial charge in [0, 0.05) is 17.0 Å². The molecule has 0 bridgehead atoms. The fourth-order valence-electron chi connectivity index (χ4n) is 3.32. The van der Waals surface area contributed by atoms with Gasteiger partial charge in [-0.05, 0) is 60.9 Å². The Morgan fingerprint density at radius 1 is 0.852 bits per heavy atom. The Kier molecular flexibility index (Phi) is 4.28. The molecule has 0 fully saturated rings. The van der Waals surface area contributed by atoms with Crippen molar-refractivity contribution in [1.29, 1.82) is 0 Å². The van der Waals surface area contributed by atoms with Crippen LogP contribution in [0.3, 0.4) is 0 Å². The summed E-state index contributed by atoms with van der Waals surface area (Å²) in [4.78, 5) is 4.84. The van der Waals surface area contributed by atoms with E-state index in [-0.39, 0.29) is 11.5 Å². The standard InChI is InChI=1S/C22H21N3O2/c1-3-16-13-17(4-2)25-22(23-16)20(15-6-5-7-19(27)12-15)21(24-25)14-8-10-18(26)11-9-14/h5-13,26-27H,3-4H2,1-2H3. The summed E-state index contributed by atoms with van der Waals surface area (Å²) in [6, 6.07) is 16.2. The van der Waals surface area contributed by atoms with Crippen molar-refractivity contribution in [3.05, 3.63) is 66.0 Å². The number of rotatable bonds is 4. The van der Waals surface area contributed by atoms with E-state index in [9.17, 15) is 10.2 Å². The van der Waals surface area contributed by atoms with E-state index in [0.29, 0.717) is 0 Å². The van der Waals surface area contributed by atoms with Crippen molar-refractivity contribution in [3.8, 4) is 33.9 Å². The van der Waals surface area contributed by atoms with Crippen LogP contribution in [0.15, 0.2) is 54.6 Å². The van der Waals surface area contributed by atoms with Gasteiger partial charge in [-0.25, -0.2) is 9.50 Å². The Morgan fingerprint density at radius 3 is 2.30 bits per heavy atom. The summed E-state index contributed by atoms with van der Waals surface area (Å²) in [6.07, 6.45) is 1.67. The number of benzene rings is 2. The minimum atomic E-state index is 0.200. The van der Waals surface area contributed by atoms with Gasteiger partial charge in [-0.15, -0.1) is 0 Å². The molecule has 5 heteroatoms. The van der Waals surface area contributed by atoms with Crippen LogP contribution < -0.4 is 0 Å². The highest BCUT2D eigenvalue weighted by Crippen LogP contribution is 2.36. The van der Waals surface area contributed by atoms with Gasteiger partial charge in [-0.3, -0.25) is 0 Å². The van der Waals surface area contributed by atoms with Gasteiger partial charge in [-0.2, -0.15) is 5.10 Å². The summed E-state index contributed by atoms with van der Waals surface area (Å²) in [5.41, 5.74) is 6.27. The number of phenols is 2. The molecule has 136 valence electrons. The largest absolute Gasteiger partial charge is 0.508 e. The molecular formula is C22H21N3O2. The molecule has 0 unspecified atom stereocenters. The van der Waals surface area contributed by atoms with E-state index in [0.717, 1.165) is 52.3 Å². The Balaban J connectivity index is 2.09. The van der Waals surface area contributed by atoms with E-state index < -0.39 is 0 Å². The van der Waals surface area contributed by atoms with Crippen molar-refractivity contribution in [2.45, 2.75) is 26.7 Å². The van der Waals surface area contributed by atoms with Crippen molar-refractivity contribution in [3.63, 3.8) is 0 Å². The molecule has 0 saturated carbocycles. The molecule has 2 heterocycles. The molecule has 0 spiro atoms. The number of hydrogen-bond acceptors (Lipinski definition) is 4. The van der Waals surface area contributed by atoms with Gasteiger partial charge in [-0.1, -0.05) is 26.0 Å². The summed E-state index contributed by atoms with van der Waals surface area (Å²) in [5, 5.41) is 24.5. The molecule has 4 aromatic rings. The molecule has 0 aliphatic rings. The van der Waals surface area contributed by atoms with Crippen LogP contribution in [0.5, 0.6) is 11.5 Å². The maximum atomic E-state index is 10.0. The van der Waals surface area contributed by atoms with Gasteiger partial charge < -0.3 is 10.2 Å². The molecule has 4 rings (SSSR count). The molecular weight excluding hydrogens is 338 g/mol. The van der Waals surface area contributed by atoms with Crippen molar-refractivity contribution in [2.75, 3.05) is 0 Å². The van der Waals surface area contributed by atoms with Gasteiger partial charge >= 0.3 is 0 Å². The Morgan fingerprint density at radius 2 is 1.63 bits per heavy atom. The summed E-state index contributed by atoms with van der Waals surface area (Å²) in [5.74, 6) is 0.410. The van der Waals surface area contributed by atoms with Crippen LogP contribution >= 0.6 is 0 Å². The second-order valence-corrected chi connectivity index (χ2v) is 6.50. The van der Waals surface area contributed by atoms with E-state index in [1.54, 1.807) is 24.3 Å². The first-order valence-corrected chi connectivity index (χ1v) is 9.11. The quantitative estimate of drug-likeness (QED) is 0.559. The normalized spacial score (nSPS) is 11.2. The molecule has 2 aromatic heterocycles. The number of aryl methyl sites for hydroxylation is 2. The highest BCUT2D eigenvalue weighted by molar-refractivity contribution is 5.91. The van der Waals surface area contributed by atoms with Crippen LogP contribution in [0.1, 0.15) is 25.2 Å². The second-order valence-electron chi connectivity index (χ2n) is 6.50. The SMILES string of the molecule is CCc1cc(CC)n2nc(-c3ccc(O)cc3)c(-c3cccc(O)c3)c2n1. The van der Waals surface area contributed by atoms with Crippen LogP contribution in [0, 0.1) is 0 Å². The van der Waals surface area contributed by atoms with Gasteiger partial charge in [0.1, 0.15) is 17.2 Å². The lowest BCUT2D eigenvalue weighted by molar-refractivity contribution is 0.475. The van der Waals surface area contributed by atoms with Crippen LogP contribution in [-0.2, 0) is 12.8 Å². The lowest BCUT2D eigenvalue weighted by Crippen LogP contribution is -2.02. The summed E-state index contributed by atoms with van der Waals surface area (Å²) in [6.45, 7) is 4.19. The Hall–Kier alpha value is -3.34. The highest BCUT2D eigenvalue weighted by atomic mass is 16.3. The molecule has 5 nitrogen and oxygen atoms in total. The van der Waals surface area contributed by atoms with E-state index in [2.05, 4.69) is 19.9 Å². The Bertz CT molecular complexity index is 1110. The number of hydrogen-bond donors (Lipinski definition) is 2. The molecule has 2 N–H and O–H groups in total. The first-order chi connectivity index (χ1) is 13.1. The third-order valence-electron chi connectivity index (χ3n) is 4.72. The first kappa shape index (κ1) is 17.1. The van der Waals surface area contributed by atoms with Gasteiger partial charge in [0.2, 0.25) is 0 Å². The number of fused-ring (bicyclic) bond motifs is 1. The molecule has 2 aromatic carbocycles. The third-order valence-corrected chi connectivity index (χ3v) is 4.72. The minimum Gasteiger partial charge on any atom is -0.508 e. The number of phenolic OH excluding ortho intramolecular Hbond substituents is 2. The molecule has 0 atom stereocenters. The molecule has 27 heavy (non-hydrogen) atoms. The smallest absolute Gasteiger partial charge is 0.164 e. The summed E-state index contributed by atoms with van der Waals surface area (Å²) in [7, 11) is 0. The zero-order chi connectivity index (χ0) is 19.0. The average Bonchev–Trinajstić information content (AvgIpc) is 3.07.